The number of halogens is 18. The van der Waals surface area contributed by atoms with Crippen molar-refractivity contribution >= 4 is 36.7 Å². The molecule has 0 atom stereocenters. The van der Waals surface area contributed by atoms with Gasteiger partial charge >= 0.3 is 66.8 Å². The van der Waals surface area contributed by atoms with Crippen LogP contribution in [0.25, 0.3) is 10.8 Å². The molecule has 0 saturated heterocycles. The summed E-state index contributed by atoms with van der Waals surface area (Å²) < 4.78 is 293. The van der Waals surface area contributed by atoms with E-state index in [1.165, 1.54) is 0 Å². The number of rotatable bonds is 11. The molecule has 0 fully saturated rings. The van der Waals surface area contributed by atoms with Crippen LogP contribution in [0.2, 0.25) is 0 Å². The number of hydrogen-bond acceptors (Lipinski definition) is 7. The zero-order valence-corrected chi connectivity index (χ0v) is 21.7. The smallest absolute Gasteiger partial charge is 0.191 e. The summed E-state index contributed by atoms with van der Waals surface area (Å²) in [5.74, 6) is -32.2. The van der Waals surface area contributed by atoms with E-state index < -0.39 is 88.5 Å². The predicted molar refractivity (Wildman–Crippen MR) is 108 cm³/mol. The van der Waals surface area contributed by atoms with E-state index in [9.17, 15) is 95.9 Å². The number of alkyl halides is 18. The molecular formula is C18H7F18NO6S2. The summed E-state index contributed by atoms with van der Waals surface area (Å²) in [7, 11) is -16.7. The zero-order valence-electron chi connectivity index (χ0n) is 20.1. The third-order valence-corrected chi connectivity index (χ3v) is 7.59. The van der Waals surface area contributed by atoms with E-state index in [0.29, 0.717) is 12.1 Å². The van der Waals surface area contributed by atoms with Crippen molar-refractivity contribution in [2.24, 2.45) is 0 Å². The molecule has 2 aromatic carbocycles. The summed E-state index contributed by atoms with van der Waals surface area (Å²) in [5, 5.41) is -19.3. The van der Waals surface area contributed by atoms with Gasteiger partial charge in [-0.1, -0.05) is 41.6 Å². The van der Waals surface area contributed by atoms with Crippen molar-refractivity contribution in [3.05, 3.63) is 42.5 Å². The summed E-state index contributed by atoms with van der Waals surface area (Å²) in [6.45, 7) is 0. The predicted octanol–water partition coefficient (Wildman–Crippen LogP) is 7.02. The van der Waals surface area contributed by atoms with Gasteiger partial charge in [0.1, 0.15) is 5.69 Å². The second kappa shape index (κ2) is 10.8. The van der Waals surface area contributed by atoms with Crippen LogP contribution in [0.3, 0.4) is 0 Å². The van der Waals surface area contributed by atoms with Gasteiger partial charge in [0.05, 0.1) is 0 Å². The first kappa shape index (κ1) is 38.2. The minimum Gasteiger partial charge on any atom is -0.191 e. The lowest BCUT2D eigenvalue weighted by Gasteiger charge is -2.34. The highest BCUT2D eigenvalue weighted by molar-refractivity contribution is 7.88. The molecule has 7 nitrogen and oxygen atoms in total. The van der Waals surface area contributed by atoms with E-state index in [0.717, 1.165) is 24.3 Å². The molecule has 0 saturated carbocycles. The Bertz CT molecular complexity index is 1550. The van der Waals surface area contributed by atoms with E-state index in [4.69, 9.17) is 0 Å². The quantitative estimate of drug-likeness (QED) is 0.181. The van der Waals surface area contributed by atoms with Crippen LogP contribution >= 0.6 is 0 Å². The Balaban J connectivity index is 2.84. The van der Waals surface area contributed by atoms with Gasteiger partial charge in [-0.25, -0.2) is 0 Å². The topological polar surface area (TPSA) is 90.0 Å². The van der Waals surface area contributed by atoms with Crippen molar-refractivity contribution in [1.82, 2.24) is 0 Å². The Morgan fingerprint density at radius 1 is 0.467 bits per heavy atom. The van der Waals surface area contributed by atoms with Gasteiger partial charge in [-0.3, -0.25) is 0 Å². The van der Waals surface area contributed by atoms with Gasteiger partial charge in [-0.2, -0.15) is 95.9 Å². The van der Waals surface area contributed by atoms with Gasteiger partial charge in [0.2, 0.25) is 0 Å². The van der Waals surface area contributed by atoms with Crippen molar-refractivity contribution in [2.45, 2.75) is 46.6 Å². The molecule has 45 heavy (non-hydrogen) atoms. The molecule has 0 aliphatic heterocycles. The van der Waals surface area contributed by atoms with Gasteiger partial charge < -0.3 is 0 Å². The monoisotopic (exact) mass is 739 g/mol. The molecule has 0 aliphatic carbocycles. The fraction of sp³-hybridized carbons (Fsp3) is 0.444. The minimum atomic E-state index is -8.37. The van der Waals surface area contributed by atoms with E-state index in [1.54, 1.807) is 0 Å². The van der Waals surface area contributed by atoms with Gasteiger partial charge in [0.15, 0.2) is 0 Å². The molecule has 0 amide bonds. The van der Waals surface area contributed by atoms with Crippen LogP contribution in [0.5, 0.6) is 0 Å². The van der Waals surface area contributed by atoms with E-state index in [2.05, 4.69) is 8.57 Å². The van der Waals surface area contributed by atoms with Crippen LogP contribution in [0.4, 0.5) is 84.7 Å². The Hall–Kier alpha value is -2.94. The molecule has 0 spiro atoms. The van der Waals surface area contributed by atoms with Crippen LogP contribution in [0, 0.1) is 0 Å². The first-order valence-electron chi connectivity index (χ1n) is 10.2. The molecule has 0 unspecified atom stereocenters. The SMILES string of the molecule is O=S(=O)(ON(OS(=O)(=O)C(F)(F)C(F)(F)C(F)(F)C(F)(F)F)c1cccc2ccccc12)C(F)(F)C(F)(F)C(F)(F)C(F)(F)F. The number of fused-ring (bicyclic) bond motifs is 1. The maximum absolute atomic E-state index is 14.2. The molecule has 27 heteroatoms. The lowest BCUT2D eigenvalue weighted by atomic mass is 10.1. The summed E-state index contributed by atoms with van der Waals surface area (Å²) >= 11 is 0. The fourth-order valence-electron chi connectivity index (χ4n) is 2.77. The molecule has 0 N–H and O–H groups in total. The standard InChI is InChI=1S/C18H7F18NO6S2/c19-11(20,15(27,28)29)13(23,24)17(33,34)44(38,39)42-37(10-7-3-5-8-4-1-2-6-9(8)10)43-45(40,41)18(35,36)14(25,26)12(21,22)16(30,31)32/h1-7H. The molecular weight excluding hydrogens is 732 g/mol. The van der Waals surface area contributed by atoms with Crippen LogP contribution in [-0.4, -0.2) is 63.4 Å². The molecule has 2 aromatic rings. The van der Waals surface area contributed by atoms with Gasteiger partial charge in [0, 0.05) is 5.39 Å². The first-order chi connectivity index (χ1) is 19.7. The largest absolute Gasteiger partial charge is 0.460 e. The highest BCUT2D eigenvalue weighted by atomic mass is 32.2. The van der Waals surface area contributed by atoms with E-state index in [1.807, 2.05) is 0 Å². The number of anilines is 1. The summed E-state index contributed by atoms with van der Waals surface area (Å²) in [4.78, 5) is 0. The van der Waals surface area contributed by atoms with Crippen molar-refractivity contribution in [3.63, 3.8) is 0 Å². The minimum absolute atomic E-state index is 0.0780. The van der Waals surface area contributed by atoms with Crippen molar-refractivity contribution < 1.29 is 104 Å². The van der Waals surface area contributed by atoms with Crippen LogP contribution < -0.4 is 5.23 Å². The number of benzene rings is 2. The third kappa shape index (κ3) is 5.79. The molecule has 258 valence electrons. The average molecular weight is 739 g/mol. The van der Waals surface area contributed by atoms with Crippen LogP contribution in [-0.2, 0) is 28.8 Å². The average Bonchev–Trinajstić information content (AvgIpc) is 2.85. The van der Waals surface area contributed by atoms with Gasteiger partial charge in [0.25, 0.3) is 0 Å². The highest BCUT2D eigenvalue weighted by Crippen LogP contribution is 2.57. The molecule has 2 rings (SSSR count). The third-order valence-electron chi connectivity index (χ3n) is 5.15. The number of hydrogen-bond donors (Lipinski definition) is 0. The Morgan fingerprint density at radius 2 is 0.800 bits per heavy atom. The molecule has 0 aliphatic rings. The Labute approximate surface area is 236 Å². The van der Waals surface area contributed by atoms with Crippen LogP contribution in [0.15, 0.2) is 42.5 Å². The zero-order chi connectivity index (χ0) is 35.7. The second-order valence-electron chi connectivity index (χ2n) is 8.14. The molecule has 0 bridgehead atoms. The number of nitrogens with zero attached hydrogens (tertiary/aromatic N) is 1. The second-order valence-corrected chi connectivity index (χ2v) is 11.3. The van der Waals surface area contributed by atoms with Crippen molar-refractivity contribution in [2.75, 3.05) is 5.23 Å². The molecule has 0 aromatic heterocycles. The summed E-state index contributed by atoms with van der Waals surface area (Å²) in [6, 6.07) is 4.75. The van der Waals surface area contributed by atoms with Crippen LogP contribution in [0.1, 0.15) is 0 Å². The Kier molecular flexibility index (Phi) is 9.19. The molecule has 0 heterocycles. The highest BCUT2D eigenvalue weighted by Gasteiger charge is 2.87. The lowest BCUT2D eigenvalue weighted by molar-refractivity contribution is -0.383. The maximum atomic E-state index is 14.2. The van der Waals surface area contributed by atoms with E-state index >= 15 is 0 Å². The summed E-state index contributed by atoms with van der Waals surface area (Å²) in [5.41, 5.74) is -1.82. The first-order valence-corrected chi connectivity index (χ1v) is 13.0. The lowest BCUT2D eigenvalue weighted by Crippen LogP contribution is -2.64. The Morgan fingerprint density at radius 3 is 1.16 bits per heavy atom. The van der Waals surface area contributed by atoms with E-state index in [-0.39, 0.29) is 6.07 Å². The normalized spacial score (nSPS) is 15.4. The summed E-state index contributed by atoms with van der Waals surface area (Å²) in [6.07, 6.45) is -15.4. The fourth-order valence-corrected chi connectivity index (χ4v) is 4.46. The van der Waals surface area contributed by atoms with Gasteiger partial charge in [-0.05, 0) is 11.5 Å². The maximum Gasteiger partial charge on any atom is 0.460 e. The van der Waals surface area contributed by atoms with Crippen molar-refractivity contribution in [3.8, 4) is 0 Å². The van der Waals surface area contributed by atoms with Gasteiger partial charge in [-0.15, -0.1) is 8.57 Å². The van der Waals surface area contributed by atoms with Crippen molar-refractivity contribution in [1.29, 1.82) is 0 Å². The molecule has 0 radical (unpaired) electrons.